The van der Waals surface area contributed by atoms with E-state index in [1.165, 1.54) is 6.07 Å². The lowest BCUT2D eigenvalue weighted by Crippen LogP contribution is -2.35. The number of aromatic nitrogens is 2. The van der Waals surface area contributed by atoms with Crippen LogP contribution in [0.2, 0.25) is 5.02 Å². The molecule has 26 heavy (non-hydrogen) atoms. The van der Waals surface area contributed by atoms with Gasteiger partial charge in [-0.2, -0.15) is 5.10 Å². The summed E-state index contributed by atoms with van der Waals surface area (Å²) in [6.07, 6.45) is 3.95. The first-order valence-electron chi connectivity index (χ1n) is 9.03. The van der Waals surface area contributed by atoms with Gasteiger partial charge in [0.2, 0.25) is 5.91 Å². The van der Waals surface area contributed by atoms with Gasteiger partial charge in [0.05, 0.1) is 6.54 Å². The Morgan fingerprint density at radius 2 is 2.31 bits per heavy atom. The predicted octanol–water partition coefficient (Wildman–Crippen LogP) is 3.19. The van der Waals surface area contributed by atoms with Crippen LogP contribution in [0.15, 0.2) is 30.5 Å². The van der Waals surface area contributed by atoms with Crippen molar-refractivity contribution in [3.05, 3.63) is 52.6 Å². The lowest BCUT2D eigenvalue weighted by molar-refractivity contribution is -0.132. The van der Waals surface area contributed by atoms with Crippen molar-refractivity contribution in [3.63, 3.8) is 0 Å². The molecule has 1 aromatic heterocycles. The molecule has 2 aromatic rings. The van der Waals surface area contributed by atoms with Crippen molar-refractivity contribution in [2.45, 2.75) is 38.8 Å². The number of nitrogens with zero attached hydrogens (tertiary/aromatic N) is 3. The first-order chi connectivity index (χ1) is 12.6. The van der Waals surface area contributed by atoms with E-state index >= 15 is 0 Å². The topological polar surface area (TPSA) is 50.2 Å². The fraction of sp³-hybridized carbons (Fsp3) is 0.474. The van der Waals surface area contributed by atoms with Crippen LogP contribution in [-0.2, 0) is 17.9 Å². The average molecular weight is 379 g/mol. The molecule has 1 aliphatic heterocycles. The zero-order chi connectivity index (χ0) is 18.5. The summed E-state index contributed by atoms with van der Waals surface area (Å²) in [5, 5.41) is 8.06. The van der Waals surface area contributed by atoms with Crippen molar-refractivity contribution < 1.29 is 9.18 Å². The minimum atomic E-state index is -0.392. The molecule has 1 atom stereocenters. The smallest absolute Gasteiger partial charge is 0.244 e. The number of carbonyl (C=O) groups excluding carboxylic acids is 1. The average Bonchev–Trinajstić information content (AvgIpc) is 3.10. The van der Waals surface area contributed by atoms with Crippen molar-refractivity contribution >= 4 is 17.5 Å². The van der Waals surface area contributed by atoms with Gasteiger partial charge in [0.15, 0.2) is 0 Å². The molecule has 1 fully saturated rings. The third kappa shape index (κ3) is 4.24. The Kier molecular flexibility index (Phi) is 6.27. The number of nitrogens with one attached hydrogen (secondary N) is 1. The molecule has 5 nitrogen and oxygen atoms in total. The molecule has 2 heterocycles. The second-order valence-corrected chi connectivity index (χ2v) is 6.97. The largest absolute Gasteiger partial charge is 0.337 e. The standard InChI is InChI=1S/C19H24ClFN4O/c1-2-24(12-15-16(20)6-3-7-17(15)21)19(26)13-25-18(8-10-23-25)14-5-4-9-22-11-14/h3,6-8,10,14,22H,2,4-5,9,11-13H2,1H3/t14-/m0/s1. The van der Waals surface area contributed by atoms with Crippen molar-refractivity contribution in [1.29, 1.82) is 0 Å². The summed E-state index contributed by atoms with van der Waals surface area (Å²) in [6.45, 7) is 4.60. The van der Waals surface area contributed by atoms with Gasteiger partial charge in [-0.1, -0.05) is 17.7 Å². The number of piperidine rings is 1. The first-order valence-corrected chi connectivity index (χ1v) is 9.41. The van der Waals surface area contributed by atoms with Crippen molar-refractivity contribution in [2.75, 3.05) is 19.6 Å². The number of carbonyl (C=O) groups is 1. The molecule has 1 aromatic carbocycles. The fourth-order valence-corrected chi connectivity index (χ4v) is 3.63. The van der Waals surface area contributed by atoms with Gasteiger partial charge in [0, 0.05) is 41.5 Å². The quantitative estimate of drug-likeness (QED) is 0.839. The maximum atomic E-state index is 14.0. The lowest BCUT2D eigenvalue weighted by Gasteiger charge is -2.25. The van der Waals surface area contributed by atoms with Crippen LogP contribution in [0.1, 0.15) is 36.9 Å². The third-order valence-corrected chi connectivity index (χ3v) is 5.25. The van der Waals surface area contributed by atoms with Crippen LogP contribution in [0.5, 0.6) is 0 Å². The van der Waals surface area contributed by atoms with Crippen LogP contribution in [0.3, 0.4) is 0 Å². The third-order valence-electron chi connectivity index (χ3n) is 4.89. The van der Waals surface area contributed by atoms with Crippen LogP contribution in [-0.4, -0.2) is 40.2 Å². The first kappa shape index (κ1) is 18.9. The van der Waals surface area contributed by atoms with Gasteiger partial charge < -0.3 is 10.2 Å². The van der Waals surface area contributed by atoms with E-state index in [0.29, 0.717) is 23.0 Å². The molecule has 0 saturated carbocycles. The summed E-state index contributed by atoms with van der Waals surface area (Å²) >= 11 is 6.10. The maximum absolute atomic E-state index is 14.0. The Labute approximate surface area is 158 Å². The van der Waals surface area contributed by atoms with E-state index in [9.17, 15) is 9.18 Å². The maximum Gasteiger partial charge on any atom is 0.244 e. The molecule has 140 valence electrons. The highest BCUT2D eigenvalue weighted by Crippen LogP contribution is 2.24. The molecular weight excluding hydrogens is 355 g/mol. The Morgan fingerprint density at radius 1 is 1.46 bits per heavy atom. The van der Waals surface area contributed by atoms with Crippen LogP contribution < -0.4 is 5.32 Å². The lowest BCUT2D eigenvalue weighted by atomic mass is 9.96. The Morgan fingerprint density at radius 3 is 3.00 bits per heavy atom. The molecule has 0 radical (unpaired) electrons. The predicted molar refractivity (Wildman–Crippen MR) is 99.6 cm³/mol. The van der Waals surface area contributed by atoms with Crippen LogP contribution >= 0.6 is 11.6 Å². The second-order valence-electron chi connectivity index (χ2n) is 6.57. The molecule has 1 N–H and O–H groups in total. The van der Waals surface area contributed by atoms with Gasteiger partial charge in [-0.3, -0.25) is 9.48 Å². The van der Waals surface area contributed by atoms with E-state index in [0.717, 1.165) is 31.6 Å². The van der Waals surface area contributed by atoms with Crippen LogP contribution in [0, 0.1) is 5.82 Å². The highest BCUT2D eigenvalue weighted by Gasteiger charge is 2.22. The number of halogens is 2. The molecule has 0 unspecified atom stereocenters. The van der Waals surface area contributed by atoms with E-state index in [-0.39, 0.29) is 19.0 Å². The van der Waals surface area contributed by atoms with E-state index in [4.69, 9.17) is 11.6 Å². The van der Waals surface area contributed by atoms with E-state index in [2.05, 4.69) is 10.4 Å². The number of rotatable bonds is 6. The number of hydrogen-bond acceptors (Lipinski definition) is 3. The molecule has 0 spiro atoms. The van der Waals surface area contributed by atoms with Crippen LogP contribution in [0.25, 0.3) is 0 Å². The normalized spacial score (nSPS) is 17.3. The Balaban J connectivity index is 1.71. The molecule has 1 aliphatic rings. The Bertz CT molecular complexity index is 737. The summed E-state index contributed by atoms with van der Waals surface area (Å²) in [6, 6.07) is 6.55. The zero-order valence-electron chi connectivity index (χ0n) is 14.9. The zero-order valence-corrected chi connectivity index (χ0v) is 15.7. The van der Waals surface area contributed by atoms with Crippen molar-refractivity contribution in [1.82, 2.24) is 20.0 Å². The summed E-state index contributed by atoms with van der Waals surface area (Å²) in [5.41, 5.74) is 1.42. The van der Waals surface area contributed by atoms with Gasteiger partial charge in [0.25, 0.3) is 0 Å². The molecule has 1 amide bonds. The SMILES string of the molecule is CCN(Cc1c(F)cccc1Cl)C(=O)Cn1nccc1[C@H]1CCCNC1. The number of hydrogen-bond donors (Lipinski definition) is 1. The minimum absolute atomic E-state index is 0.0967. The summed E-state index contributed by atoms with van der Waals surface area (Å²) in [7, 11) is 0. The second kappa shape index (κ2) is 8.64. The summed E-state index contributed by atoms with van der Waals surface area (Å²) in [5.74, 6) is -0.118. The van der Waals surface area contributed by atoms with Gasteiger partial charge in [-0.05, 0) is 44.5 Å². The van der Waals surface area contributed by atoms with Gasteiger partial charge in [0.1, 0.15) is 12.4 Å². The summed E-state index contributed by atoms with van der Waals surface area (Å²) < 4.78 is 15.8. The highest BCUT2D eigenvalue weighted by atomic mass is 35.5. The molecule has 1 saturated heterocycles. The minimum Gasteiger partial charge on any atom is -0.337 e. The Hall–Kier alpha value is -1.92. The number of benzene rings is 1. The van der Waals surface area contributed by atoms with E-state index < -0.39 is 5.82 Å². The monoisotopic (exact) mass is 378 g/mol. The van der Waals surface area contributed by atoms with Gasteiger partial charge in [-0.15, -0.1) is 0 Å². The molecule has 3 rings (SSSR count). The molecular formula is C19H24ClFN4O. The van der Waals surface area contributed by atoms with Gasteiger partial charge >= 0.3 is 0 Å². The summed E-state index contributed by atoms with van der Waals surface area (Å²) in [4.78, 5) is 14.4. The fourth-order valence-electron chi connectivity index (χ4n) is 3.40. The molecule has 0 bridgehead atoms. The highest BCUT2D eigenvalue weighted by molar-refractivity contribution is 6.31. The van der Waals surface area contributed by atoms with Gasteiger partial charge in [-0.25, -0.2) is 4.39 Å². The van der Waals surface area contributed by atoms with Crippen molar-refractivity contribution in [2.24, 2.45) is 0 Å². The van der Waals surface area contributed by atoms with E-state index in [1.807, 2.05) is 13.0 Å². The number of amides is 1. The molecule has 7 heteroatoms. The molecule has 0 aliphatic carbocycles. The van der Waals surface area contributed by atoms with Crippen LogP contribution in [0.4, 0.5) is 4.39 Å². The van der Waals surface area contributed by atoms with E-state index in [1.54, 1.807) is 27.9 Å². The number of likely N-dealkylation sites (N-methyl/N-ethyl adjacent to an activating group) is 1. The van der Waals surface area contributed by atoms with Crippen molar-refractivity contribution in [3.8, 4) is 0 Å².